The van der Waals surface area contributed by atoms with Crippen molar-refractivity contribution in [1.29, 1.82) is 0 Å². The molecule has 108 valence electrons. The van der Waals surface area contributed by atoms with Crippen molar-refractivity contribution in [3.8, 4) is 0 Å². The predicted molar refractivity (Wildman–Crippen MR) is 87.9 cm³/mol. The second-order valence-electron chi connectivity index (χ2n) is 6.33. The third kappa shape index (κ3) is 4.08. The summed E-state index contributed by atoms with van der Waals surface area (Å²) >= 11 is 0. The first-order chi connectivity index (χ1) is 9.49. The molecule has 0 atom stereocenters. The average molecular weight is 287 g/mol. The molecule has 0 fully saturated rings. The van der Waals surface area contributed by atoms with Crippen LogP contribution in [-0.2, 0) is 13.1 Å². The lowest BCUT2D eigenvalue weighted by Gasteiger charge is -2.21. The summed E-state index contributed by atoms with van der Waals surface area (Å²) in [7, 11) is -1.18. The molecule has 0 bridgehead atoms. The van der Waals surface area contributed by atoms with Gasteiger partial charge in [0.25, 0.3) is 0 Å². The SMILES string of the molecule is CCN(Cc1ccc([Si](C)(C)C)cc1)Cc1ccco1. The summed E-state index contributed by atoms with van der Waals surface area (Å²) in [5.74, 6) is 1.03. The highest BCUT2D eigenvalue weighted by atomic mass is 28.3. The second-order valence-corrected chi connectivity index (χ2v) is 11.4. The third-order valence-electron chi connectivity index (χ3n) is 3.63. The molecule has 0 amide bonds. The van der Waals surface area contributed by atoms with Gasteiger partial charge in [-0.2, -0.15) is 0 Å². The molecule has 2 aromatic rings. The van der Waals surface area contributed by atoms with Crippen LogP contribution in [0.15, 0.2) is 47.1 Å². The van der Waals surface area contributed by atoms with Gasteiger partial charge in [-0.15, -0.1) is 0 Å². The summed E-state index contributed by atoms with van der Waals surface area (Å²) in [5.41, 5.74) is 1.38. The number of benzene rings is 1. The van der Waals surface area contributed by atoms with E-state index < -0.39 is 8.07 Å². The predicted octanol–water partition coefficient (Wildman–Crippen LogP) is 3.85. The Kier molecular flexibility index (Phi) is 4.84. The third-order valence-corrected chi connectivity index (χ3v) is 5.70. The Balaban J connectivity index is 2.01. The van der Waals surface area contributed by atoms with Gasteiger partial charge in [0.15, 0.2) is 0 Å². The van der Waals surface area contributed by atoms with Crippen molar-refractivity contribution in [2.45, 2.75) is 39.7 Å². The maximum atomic E-state index is 5.43. The molecule has 0 unspecified atom stereocenters. The van der Waals surface area contributed by atoms with E-state index in [4.69, 9.17) is 4.42 Å². The van der Waals surface area contributed by atoms with Crippen LogP contribution in [0.25, 0.3) is 0 Å². The Hall–Kier alpha value is -1.32. The number of furan rings is 1. The van der Waals surface area contributed by atoms with Gasteiger partial charge in [0.2, 0.25) is 0 Å². The van der Waals surface area contributed by atoms with E-state index in [9.17, 15) is 0 Å². The van der Waals surface area contributed by atoms with E-state index in [-0.39, 0.29) is 0 Å². The highest BCUT2D eigenvalue weighted by Gasteiger charge is 2.16. The van der Waals surface area contributed by atoms with Crippen LogP contribution in [0.4, 0.5) is 0 Å². The van der Waals surface area contributed by atoms with E-state index in [0.29, 0.717) is 0 Å². The van der Waals surface area contributed by atoms with Crippen molar-refractivity contribution >= 4 is 13.3 Å². The van der Waals surface area contributed by atoms with Crippen LogP contribution >= 0.6 is 0 Å². The van der Waals surface area contributed by atoms with Crippen molar-refractivity contribution in [3.63, 3.8) is 0 Å². The zero-order chi connectivity index (χ0) is 14.6. The highest BCUT2D eigenvalue weighted by Crippen LogP contribution is 2.11. The quantitative estimate of drug-likeness (QED) is 0.750. The van der Waals surface area contributed by atoms with Crippen LogP contribution < -0.4 is 5.19 Å². The lowest BCUT2D eigenvalue weighted by Crippen LogP contribution is -2.37. The standard InChI is InChI=1S/C17H25NOSi/c1-5-18(14-16-7-6-12-19-16)13-15-8-10-17(11-9-15)20(2,3)4/h6-12H,5,13-14H2,1-4H3. The van der Waals surface area contributed by atoms with Crippen LogP contribution in [0.1, 0.15) is 18.2 Å². The van der Waals surface area contributed by atoms with Crippen molar-refractivity contribution in [1.82, 2.24) is 4.90 Å². The zero-order valence-electron chi connectivity index (χ0n) is 13.0. The Bertz CT molecular complexity index is 511. The summed E-state index contributed by atoms with van der Waals surface area (Å²) < 4.78 is 5.43. The van der Waals surface area contributed by atoms with Gasteiger partial charge in [0.1, 0.15) is 5.76 Å². The summed E-state index contributed by atoms with van der Waals surface area (Å²) in [6.07, 6.45) is 1.74. The zero-order valence-corrected chi connectivity index (χ0v) is 14.0. The number of nitrogens with zero attached hydrogens (tertiary/aromatic N) is 1. The number of rotatable bonds is 6. The number of hydrogen-bond acceptors (Lipinski definition) is 2. The van der Waals surface area contributed by atoms with Gasteiger partial charge in [0, 0.05) is 6.54 Å². The fraction of sp³-hybridized carbons (Fsp3) is 0.412. The van der Waals surface area contributed by atoms with Crippen LogP contribution in [0.3, 0.4) is 0 Å². The van der Waals surface area contributed by atoms with Crippen molar-refractivity contribution in [2.75, 3.05) is 6.54 Å². The van der Waals surface area contributed by atoms with Gasteiger partial charge >= 0.3 is 0 Å². The Morgan fingerprint density at radius 3 is 2.20 bits per heavy atom. The summed E-state index contributed by atoms with van der Waals surface area (Å²) in [5, 5.41) is 1.52. The topological polar surface area (TPSA) is 16.4 Å². The molecule has 0 N–H and O–H groups in total. The second kappa shape index (κ2) is 6.42. The molecular formula is C17H25NOSi. The fourth-order valence-corrected chi connectivity index (χ4v) is 3.44. The molecule has 0 radical (unpaired) electrons. The molecule has 2 nitrogen and oxygen atoms in total. The molecule has 2 rings (SSSR count). The molecule has 0 aliphatic rings. The van der Waals surface area contributed by atoms with Gasteiger partial charge in [-0.1, -0.05) is 56.0 Å². The molecule has 0 saturated carbocycles. The lowest BCUT2D eigenvalue weighted by atomic mass is 10.2. The molecule has 0 aliphatic heterocycles. The minimum atomic E-state index is -1.18. The van der Waals surface area contributed by atoms with Gasteiger partial charge < -0.3 is 4.42 Å². The van der Waals surface area contributed by atoms with Crippen LogP contribution in [0.5, 0.6) is 0 Å². The molecule has 1 aromatic carbocycles. The molecular weight excluding hydrogens is 262 g/mol. The van der Waals surface area contributed by atoms with E-state index in [1.54, 1.807) is 6.26 Å². The molecule has 0 aliphatic carbocycles. The monoisotopic (exact) mass is 287 g/mol. The minimum Gasteiger partial charge on any atom is -0.468 e. The maximum Gasteiger partial charge on any atom is 0.117 e. The Labute approximate surface area is 123 Å². The molecule has 0 spiro atoms. The molecule has 20 heavy (non-hydrogen) atoms. The molecule has 1 heterocycles. The van der Waals surface area contributed by atoms with E-state index >= 15 is 0 Å². The van der Waals surface area contributed by atoms with E-state index in [1.807, 2.05) is 12.1 Å². The molecule has 1 aromatic heterocycles. The minimum absolute atomic E-state index is 0.874. The van der Waals surface area contributed by atoms with Crippen LogP contribution in [-0.4, -0.2) is 19.5 Å². The van der Waals surface area contributed by atoms with Gasteiger partial charge in [-0.3, -0.25) is 4.90 Å². The van der Waals surface area contributed by atoms with Crippen LogP contribution in [0, 0.1) is 0 Å². The average Bonchev–Trinajstić information content (AvgIpc) is 2.90. The maximum absolute atomic E-state index is 5.43. The van der Waals surface area contributed by atoms with Crippen molar-refractivity contribution in [3.05, 3.63) is 54.0 Å². The molecule has 0 saturated heterocycles. The van der Waals surface area contributed by atoms with Gasteiger partial charge in [-0.05, 0) is 24.2 Å². The summed E-state index contributed by atoms with van der Waals surface area (Å²) in [6, 6.07) is 13.2. The first kappa shape index (κ1) is 15.1. The van der Waals surface area contributed by atoms with E-state index in [0.717, 1.165) is 25.4 Å². The number of hydrogen-bond donors (Lipinski definition) is 0. The van der Waals surface area contributed by atoms with Crippen molar-refractivity contribution in [2.24, 2.45) is 0 Å². The highest BCUT2D eigenvalue weighted by molar-refractivity contribution is 6.88. The smallest absolute Gasteiger partial charge is 0.117 e. The summed E-state index contributed by atoms with van der Waals surface area (Å²) in [6.45, 7) is 12.2. The first-order valence-electron chi connectivity index (χ1n) is 7.33. The van der Waals surface area contributed by atoms with Gasteiger partial charge in [0.05, 0.1) is 20.9 Å². The van der Waals surface area contributed by atoms with Crippen molar-refractivity contribution < 1.29 is 4.42 Å². The van der Waals surface area contributed by atoms with E-state index in [1.165, 1.54) is 10.8 Å². The lowest BCUT2D eigenvalue weighted by molar-refractivity contribution is 0.248. The molecule has 3 heteroatoms. The fourth-order valence-electron chi connectivity index (χ4n) is 2.27. The first-order valence-corrected chi connectivity index (χ1v) is 10.8. The largest absolute Gasteiger partial charge is 0.468 e. The summed E-state index contributed by atoms with van der Waals surface area (Å²) in [4.78, 5) is 2.39. The van der Waals surface area contributed by atoms with E-state index in [2.05, 4.69) is 55.7 Å². The van der Waals surface area contributed by atoms with Gasteiger partial charge in [-0.25, -0.2) is 0 Å². The normalized spacial score (nSPS) is 12.1. The van der Waals surface area contributed by atoms with Crippen LogP contribution in [0.2, 0.25) is 19.6 Å². The Morgan fingerprint density at radius 1 is 1.00 bits per heavy atom. The Morgan fingerprint density at radius 2 is 1.70 bits per heavy atom.